The van der Waals surface area contributed by atoms with E-state index in [1.54, 1.807) is 0 Å². The number of amides is 2. The molecule has 0 aliphatic carbocycles. The van der Waals surface area contributed by atoms with E-state index in [1.807, 2.05) is 5.32 Å². The minimum absolute atomic E-state index is 0.327. The summed E-state index contributed by atoms with van der Waals surface area (Å²) in [6, 6.07) is -1.27. The summed E-state index contributed by atoms with van der Waals surface area (Å²) in [5.41, 5.74) is -3.41. The summed E-state index contributed by atoms with van der Waals surface area (Å²) in [4.78, 5) is 32.6. The maximum atomic E-state index is 12.6. The van der Waals surface area contributed by atoms with E-state index >= 15 is 0 Å². The predicted octanol–water partition coefficient (Wildman–Crippen LogP) is 0.0328. The topological polar surface area (TPSA) is 95.5 Å². The molecule has 0 rings (SSSR count). The lowest BCUT2D eigenvalue weighted by Gasteiger charge is -2.29. The van der Waals surface area contributed by atoms with Gasteiger partial charge in [-0.25, -0.2) is 4.79 Å². The molecule has 6 nitrogen and oxygen atoms in total. The lowest BCUT2D eigenvalue weighted by atomic mass is 10.0. The van der Waals surface area contributed by atoms with Gasteiger partial charge in [-0.3, -0.25) is 9.59 Å². The van der Waals surface area contributed by atoms with E-state index in [0.29, 0.717) is 6.92 Å². The number of halogens is 3. The van der Waals surface area contributed by atoms with Gasteiger partial charge in [0.25, 0.3) is 0 Å². The molecule has 104 valence electrons. The van der Waals surface area contributed by atoms with Crippen molar-refractivity contribution in [3.05, 3.63) is 0 Å². The summed E-state index contributed by atoms with van der Waals surface area (Å²) in [7, 11) is 0. The Morgan fingerprint density at radius 3 is 1.94 bits per heavy atom. The van der Waals surface area contributed by atoms with Crippen LogP contribution >= 0.6 is 0 Å². The number of hydrogen-bond acceptors (Lipinski definition) is 3. The Hall–Kier alpha value is -1.80. The van der Waals surface area contributed by atoms with Crippen LogP contribution in [0, 0.1) is 0 Å². The Balaban J connectivity index is 4.98. The van der Waals surface area contributed by atoms with Gasteiger partial charge in [0.1, 0.15) is 6.04 Å². The van der Waals surface area contributed by atoms with Crippen LogP contribution in [0.1, 0.15) is 20.8 Å². The first-order chi connectivity index (χ1) is 7.91. The van der Waals surface area contributed by atoms with Crippen LogP contribution < -0.4 is 10.6 Å². The van der Waals surface area contributed by atoms with Crippen molar-refractivity contribution in [1.82, 2.24) is 10.6 Å². The quantitative estimate of drug-likeness (QED) is 0.671. The molecule has 0 aromatic rings. The molecule has 2 amide bonds. The Labute approximate surface area is 101 Å². The highest BCUT2D eigenvalue weighted by atomic mass is 19.4. The molecule has 0 aromatic carbocycles. The lowest BCUT2D eigenvalue weighted by Crippen LogP contribution is -2.64. The summed E-state index contributed by atoms with van der Waals surface area (Å²) >= 11 is 0. The van der Waals surface area contributed by atoms with Gasteiger partial charge in [-0.1, -0.05) is 0 Å². The van der Waals surface area contributed by atoms with Gasteiger partial charge < -0.3 is 15.7 Å². The molecule has 2 atom stereocenters. The van der Waals surface area contributed by atoms with Crippen LogP contribution in [0.3, 0.4) is 0 Å². The number of carbonyl (C=O) groups is 3. The SMILES string of the molecule is CC(=O)NC(C)C(=O)NC(C)(C(=O)O)C(F)(F)F. The van der Waals surface area contributed by atoms with E-state index in [1.165, 1.54) is 5.32 Å². The molecule has 2 unspecified atom stereocenters. The van der Waals surface area contributed by atoms with Crippen molar-refractivity contribution in [1.29, 1.82) is 0 Å². The molecule has 18 heavy (non-hydrogen) atoms. The summed E-state index contributed by atoms with van der Waals surface area (Å²) < 4.78 is 37.7. The van der Waals surface area contributed by atoms with Crippen molar-refractivity contribution in [2.24, 2.45) is 0 Å². The van der Waals surface area contributed by atoms with Crippen molar-refractivity contribution < 1.29 is 32.7 Å². The monoisotopic (exact) mass is 270 g/mol. The fourth-order valence-corrected chi connectivity index (χ4v) is 0.971. The van der Waals surface area contributed by atoms with Crippen molar-refractivity contribution in [3.8, 4) is 0 Å². The Bertz CT molecular complexity index is 369. The summed E-state index contributed by atoms with van der Waals surface area (Å²) in [6.07, 6.45) is -5.16. The van der Waals surface area contributed by atoms with Gasteiger partial charge in [-0.2, -0.15) is 13.2 Å². The summed E-state index contributed by atoms with van der Waals surface area (Å²) in [5.74, 6) is -4.10. The summed E-state index contributed by atoms with van der Waals surface area (Å²) in [6.45, 7) is 2.53. The van der Waals surface area contributed by atoms with Crippen LogP contribution in [0.4, 0.5) is 13.2 Å². The second kappa shape index (κ2) is 5.23. The molecule has 0 bridgehead atoms. The molecule has 0 spiro atoms. The van der Waals surface area contributed by atoms with Crippen LogP contribution in [-0.2, 0) is 14.4 Å². The third-order valence-corrected chi connectivity index (χ3v) is 2.18. The maximum Gasteiger partial charge on any atom is 0.422 e. The molecule has 3 N–H and O–H groups in total. The van der Waals surface area contributed by atoms with Crippen molar-refractivity contribution in [2.75, 3.05) is 0 Å². The van der Waals surface area contributed by atoms with E-state index < -0.39 is 35.5 Å². The Morgan fingerprint density at radius 2 is 1.67 bits per heavy atom. The largest absolute Gasteiger partial charge is 0.479 e. The van der Waals surface area contributed by atoms with Gasteiger partial charge in [0, 0.05) is 6.92 Å². The smallest absolute Gasteiger partial charge is 0.422 e. The standard InChI is InChI=1S/C9H13F3N2O4/c1-4(13-5(2)15)6(16)14-8(3,7(17)18)9(10,11)12/h4H,1-3H3,(H,13,15)(H,14,16)(H,17,18). The molecule has 0 aromatic heterocycles. The second-order valence-corrected chi connectivity index (χ2v) is 3.84. The van der Waals surface area contributed by atoms with Gasteiger partial charge in [0.15, 0.2) is 0 Å². The molecule has 0 aliphatic heterocycles. The average molecular weight is 270 g/mol. The molecule has 0 saturated heterocycles. The fraction of sp³-hybridized carbons (Fsp3) is 0.667. The van der Waals surface area contributed by atoms with Crippen molar-refractivity contribution in [2.45, 2.75) is 38.5 Å². The molecule has 0 fully saturated rings. The first-order valence-corrected chi connectivity index (χ1v) is 4.81. The van der Waals surface area contributed by atoms with Crippen LogP contribution in [-0.4, -0.2) is 40.6 Å². The number of nitrogens with one attached hydrogen (secondary N) is 2. The Morgan fingerprint density at radius 1 is 1.22 bits per heavy atom. The highest BCUT2D eigenvalue weighted by Crippen LogP contribution is 2.30. The van der Waals surface area contributed by atoms with Crippen molar-refractivity contribution >= 4 is 17.8 Å². The fourth-order valence-electron chi connectivity index (χ4n) is 0.971. The summed E-state index contributed by atoms with van der Waals surface area (Å²) in [5, 5.41) is 12.0. The zero-order valence-electron chi connectivity index (χ0n) is 9.88. The highest BCUT2D eigenvalue weighted by molar-refractivity contribution is 5.91. The molecule has 0 saturated carbocycles. The first-order valence-electron chi connectivity index (χ1n) is 4.81. The normalized spacial score (nSPS) is 16.3. The van der Waals surface area contributed by atoms with Crippen LogP contribution in [0.25, 0.3) is 0 Å². The number of carbonyl (C=O) groups excluding carboxylic acids is 2. The van der Waals surface area contributed by atoms with Crippen molar-refractivity contribution in [3.63, 3.8) is 0 Å². The average Bonchev–Trinajstić information content (AvgIpc) is 2.13. The van der Waals surface area contributed by atoms with E-state index in [0.717, 1.165) is 13.8 Å². The van der Waals surface area contributed by atoms with Gasteiger partial charge in [-0.05, 0) is 13.8 Å². The molecule has 0 radical (unpaired) electrons. The minimum Gasteiger partial charge on any atom is -0.479 e. The van der Waals surface area contributed by atoms with E-state index in [-0.39, 0.29) is 0 Å². The lowest BCUT2D eigenvalue weighted by molar-refractivity contribution is -0.207. The first kappa shape index (κ1) is 16.2. The van der Waals surface area contributed by atoms with Gasteiger partial charge in [-0.15, -0.1) is 0 Å². The zero-order chi connectivity index (χ0) is 14.7. The van der Waals surface area contributed by atoms with Crippen LogP contribution in [0.5, 0.6) is 0 Å². The number of carboxylic acid groups (broad SMARTS) is 1. The highest BCUT2D eigenvalue weighted by Gasteiger charge is 2.58. The van der Waals surface area contributed by atoms with E-state index in [2.05, 4.69) is 0 Å². The third-order valence-electron chi connectivity index (χ3n) is 2.18. The van der Waals surface area contributed by atoms with Crippen LogP contribution in [0.15, 0.2) is 0 Å². The maximum absolute atomic E-state index is 12.6. The molecular weight excluding hydrogens is 257 g/mol. The van der Waals surface area contributed by atoms with Gasteiger partial charge >= 0.3 is 12.1 Å². The number of rotatable bonds is 4. The zero-order valence-corrected chi connectivity index (χ0v) is 9.88. The predicted molar refractivity (Wildman–Crippen MR) is 53.5 cm³/mol. The van der Waals surface area contributed by atoms with Gasteiger partial charge in [0.05, 0.1) is 0 Å². The van der Waals surface area contributed by atoms with Crippen LogP contribution in [0.2, 0.25) is 0 Å². The van der Waals surface area contributed by atoms with E-state index in [9.17, 15) is 27.6 Å². The Kier molecular flexibility index (Phi) is 4.71. The number of carboxylic acids is 1. The van der Waals surface area contributed by atoms with E-state index in [4.69, 9.17) is 5.11 Å². The molecule has 0 heterocycles. The number of aliphatic carboxylic acids is 1. The number of hydrogen-bond donors (Lipinski definition) is 3. The second-order valence-electron chi connectivity index (χ2n) is 3.84. The van der Waals surface area contributed by atoms with Gasteiger partial charge in [0.2, 0.25) is 17.4 Å². The third kappa shape index (κ3) is 3.60. The minimum atomic E-state index is -5.16. The molecule has 0 aliphatic rings. The number of alkyl halides is 3. The molecule has 9 heteroatoms. The molecular formula is C9H13F3N2O4.